The van der Waals surface area contributed by atoms with E-state index in [1.54, 1.807) is 42.5 Å². The Morgan fingerprint density at radius 1 is 1.04 bits per heavy atom. The van der Waals surface area contributed by atoms with E-state index in [4.69, 9.17) is 9.47 Å². The molecule has 140 valence electrons. The normalized spacial score (nSPS) is 12.9. The van der Waals surface area contributed by atoms with Gasteiger partial charge in [-0.2, -0.15) is 0 Å². The van der Waals surface area contributed by atoms with Crippen LogP contribution in [0.4, 0.5) is 5.69 Å². The molecule has 0 fully saturated rings. The molecule has 0 radical (unpaired) electrons. The smallest absolute Gasteiger partial charge is 0.253 e. The van der Waals surface area contributed by atoms with Gasteiger partial charge in [0.1, 0.15) is 0 Å². The number of ether oxygens (including phenoxy) is 2. The number of rotatable bonds is 4. The van der Waals surface area contributed by atoms with Crippen molar-refractivity contribution < 1.29 is 19.1 Å². The molecular formula is C21H22N2O4. The van der Waals surface area contributed by atoms with Gasteiger partial charge in [-0.15, -0.1) is 0 Å². The SMILES string of the molecule is CC(C)(C)NC(=O)c1ccccc1NC(=O)/C=C/c1ccc2c(c1)OCO2. The van der Waals surface area contributed by atoms with E-state index in [-0.39, 0.29) is 24.1 Å². The van der Waals surface area contributed by atoms with E-state index in [0.29, 0.717) is 22.7 Å². The summed E-state index contributed by atoms with van der Waals surface area (Å²) in [6.45, 7) is 5.91. The van der Waals surface area contributed by atoms with Gasteiger partial charge in [0, 0.05) is 11.6 Å². The highest BCUT2D eigenvalue weighted by molar-refractivity contribution is 6.07. The van der Waals surface area contributed by atoms with Crippen LogP contribution in [0.1, 0.15) is 36.7 Å². The number of benzene rings is 2. The zero-order valence-corrected chi connectivity index (χ0v) is 15.5. The lowest BCUT2D eigenvalue weighted by Gasteiger charge is -2.21. The summed E-state index contributed by atoms with van der Waals surface area (Å²) in [7, 11) is 0. The fourth-order valence-electron chi connectivity index (χ4n) is 2.56. The molecule has 2 aromatic rings. The van der Waals surface area contributed by atoms with Crippen molar-refractivity contribution in [2.24, 2.45) is 0 Å². The summed E-state index contributed by atoms with van der Waals surface area (Å²) in [5.74, 6) is 0.777. The summed E-state index contributed by atoms with van der Waals surface area (Å²) >= 11 is 0. The van der Waals surface area contributed by atoms with Gasteiger partial charge >= 0.3 is 0 Å². The molecule has 0 spiro atoms. The second kappa shape index (κ2) is 7.53. The van der Waals surface area contributed by atoms with Crippen molar-refractivity contribution in [3.05, 3.63) is 59.7 Å². The number of amides is 2. The predicted molar refractivity (Wildman–Crippen MR) is 104 cm³/mol. The van der Waals surface area contributed by atoms with Gasteiger partial charge in [0.05, 0.1) is 11.3 Å². The Morgan fingerprint density at radius 3 is 2.56 bits per heavy atom. The van der Waals surface area contributed by atoms with Crippen LogP contribution in [0.15, 0.2) is 48.5 Å². The van der Waals surface area contributed by atoms with Crippen molar-refractivity contribution in [1.82, 2.24) is 5.32 Å². The van der Waals surface area contributed by atoms with Crippen LogP contribution in [0, 0.1) is 0 Å². The summed E-state index contributed by atoms with van der Waals surface area (Å²) < 4.78 is 10.6. The molecule has 1 aliphatic rings. The number of carbonyl (C=O) groups excluding carboxylic acids is 2. The van der Waals surface area contributed by atoms with Crippen molar-refractivity contribution in [3.63, 3.8) is 0 Å². The second-order valence-corrected chi connectivity index (χ2v) is 7.18. The summed E-state index contributed by atoms with van der Waals surface area (Å²) in [6.07, 6.45) is 3.09. The Hall–Kier alpha value is -3.28. The Bertz CT molecular complexity index is 897. The van der Waals surface area contributed by atoms with E-state index in [1.807, 2.05) is 26.8 Å². The second-order valence-electron chi connectivity index (χ2n) is 7.18. The molecule has 0 bridgehead atoms. The van der Waals surface area contributed by atoms with Crippen molar-refractivity contribution in [1.29, 1.82) is 0 Å². The highest BCUT2D eigenvalue weighted by Gasteiger charge is 2.18. The first-order valence-electron chi connectivity index (χ1n) is 8.62. The van der Waals surface area contributed by atoms with Gasteiger partial charge in [0.25, 0.3) is 5.91 Å². The predicted octanol–water partition coefficient (Wildman–Crippen LogP) is 3.60. The maximum absolute atomic E-state index is 12.4. The van der Waals surface area contributed by atoms with Crippen LogP contribution >= 0.6 is 0 Å². The summed E-state index contributed by atoms with van der Waals surface area (Å²) in [5, 5.41) is 5.65. The molecule has 0 saturated carbocycles. The zero-order valence-electron chi connectivity index (χ0n) is 15.5. The third-order valence-corrected chi connectivity index (χ3v) is 3.74. The van der Waals surface area contributed by atoms with Crippen LogP contribution in [0.3, 0.4) is 0 Å². The lowest BCUT2D eigenvalue weighted by atomic mass is 10.1. The Labute approximate surface area is 158 Å². The fourth-order valence-corrected chi connectivity index (χ4v) is 2.56. The highest BCUT2D eigenvalue weighted by Crippen LogP contribution is 2.32. The first kappa shape index (κ1) is 18.5. The van der Waals surface area contributed by atoms with E-state index >= 15 is 0 Å². The number of hydrogen-bond acceptors (Lipinski definition) is 4. The van der Waals surface area contributed by atoms with E-state index in [0.717, 1.165) is 5.56 Å². The molecule has 0 saturated heterocycles. The third-order valence-electron chi connectivity index (χ3n) is 3.74. The standard InChI is InChI=1S/C21H22N2O4/c1-21(2,3)23-20(25)15-6-4-5-7-16(15)22-19(24)11-9-14-8-10-17-18(12-14)27-13-26-17/h4-12H,13H2,1-3H3,(H,22,24)(H,23,25)/b11-9+. The number of para-hydroxylation sites is 1. The summed E-state index contributed by atoms with van der Waals surface area (Å²) in [5.41, 5.74) is 1.32. The van der Waals surface area contributed by atoms with Gasteiger partial charge in [-0.25, -0.2) is 0 Å². The van der Waals surface area contributed by atoms with Gasteiger partial charge in [0.2, 0.25) is 12.7 Å². The molecule has 2 N–H and O–H groups in total. The Kier molecular flexibility index (Phi) is 5.16. The molecular weight excluding hydrogens is 344 g/mol. The van der Waals surface area contributed by atoms with E-state index in [9.17, 15) is 9.59 Å². The van der Waals surface area contributed by atoms with Crippen LogP contribution in [-0.2, 0) is 4.79 Å². The van der Waals surface area contributed by atoms with Crippen LogP contribution in [-0.4, -0.2) is 24.1 Å². The molecule has 6 heteroatoms. The molecule has 6 nitrogen and oxygen atoms in total. The number of fused-ring (bicyclic) bond motifs is 1. The van der Waals surface area contributed by atoms with Crippen LogP contribution in [0.25, 0.3) is 6.08 Å². The van der Waals surface area contributed by atoms with Crippen LogP contribution in [0.5, 0.6) is 11.5 Å². The summed E-state index contributed by atoms with van der Waals surface area (Å²) in [6, 6.07) is 12.3. The monoisotopic (exact) mass is 366 g/mol. The van der Waals surface area contributed by atoms with Crippen molar-refractivity contribution in [3.8, 4) is 11.5 Å². The first-order valence-corrected chi connectivity index (χ1v) is 8.62. The number of carbonyl (C=O) groups is 2. The van der Waals surface area contributed by atoms with Crippen LogP contribution in [0.2, 0.25) is 0 Å². The maximum atomic E-state index is 12.4. The van der Waals surface area contributed by atoms with Crippen molar-refractivity contribution in [2.75, 3.05) is 12.1 Å². The fraction of sp³-hybridized carbons (Fsp3) is 0.238. The van der Waals surface area contributed by atoms with Gasteiger partial charge in [-0.1, -0.05) is 18.2 Å². The molecule has 27 heavy (non-hydrogen) atoms. The molecule has 0 aromatic heterocycles. The van der Waals surface area contributed by atoms with Crippen molar-refractivity contribution in [2.45, 2.75) is 26.3 Å². The average Bonchev–Trinajstić information content (AvgIpc) is 3.06. The maximum Gasteiger partial charge on any atom is 0.253 e. The Balaban J connectivity index is 1.70. The van der Waals surface area contributed by atoms with Crippen LogP contribution < -0.4 is 20.1 Å². The first-order chi connectivity index (χ1) is 12.8. The molecule has 0 atom stereocenters. The number of anilines is 1. The molecule has 0 unspecified atom stereocenters. The number of nitrogens with one attached hydrogen (secondary N) is 2. The average molecular weight is 366 g/mol. The van der Waals surface area contributed by atoms with Gasteiger partial charge in [0.15, 0.2) is 11.5 Å². The van der Waals surface area contributed by atoms with Gasteiger partial charge in [-0.3, -0.25) is 9.59 Å². The lowest BCUT2D eigenvalue weighted by molar-refractivity contribution is -0.111. The highest BCUT2D eigenvalue weighted by atomic mass is 16.7. The number of hydrogen-bond donors (Lipinski definition) is 2. The largest absolute Gasteiger partial charge is 0.454 e. The molecule has 2 aromatic carbocycles. The minimum absolute atomic E-state index is 0.205. The van der Waals surface area contributed by atoms with E-state index in [2.05, 4.69) is 10.6 Å². The topological polar surface area (TPSA) is 76.7 Å². The molecule has 1 aliphatic heterocycles. The van der Waals surface area contributed by atoms with Gasteiger partial charge < -0.3 is 20.1 Å². The van der Waals surface area contributed by atoms with Crippen molar-refractivity contribution >= 4 is 23.6 Å². The summed E-state index contributed by atoms with van der Waals surface area (Å²) in [4.78, 5) is 24.7. The molecule has 0 aliphatic carbocycles. The van der Waals surface area contributed by atoms with Gasteiger partial charge in [-0.05, 0) is 56.7 Å². The van der Waals surface area contributed by atoms with E-state index < -0.39 is 0 Å². The minimum atomic E-state index is -0.368. The molecule has 3 rings (SSSR count). The zero-order chi connectivity index (χ0) is 19.4. The lowest BCUT2D eigenvalue weighted by Crippen LogP contribution is -2.40. The quantitative estimate of drug-likeness (QED) is 0.811. The molecule has 2 amide bonds. The third kappa shape index (κ3) is 4.88. The van der Waals surface area contributed by atoms with E-state index in [1.165, 1.54) is 6.08 Å². The molecule has 1 heterocycles. The minimum Gasteiger partial charge on any atom is -0.454 e. The Morgan fingerprint density at radius 2 is 1.78 bits per heavy atom.